The molecule has 0 fully saturated rings. The number of fused-ring (bicyclic) bond motifs is 3. The molecule has 2 aliphatic rings. The Balaban J connectivity index is 1.84. The van der Waals surface area contributed by atoms with E-state index < -0.39 is 6.04 Å². The zero-order chi connectivity index (χ0) is 21.6. The molecule has 0 saturated carbocycles. The summed E-state index contributed by atoms with van der Waals surface area (Å²) < 4.78 is 8.88. The molecule has 1 aromatic heterocycles. The Morgan fingerprint density at radius 3 is 2.50 bits per heavy atom. The molecule has 0 N–H and O–H groups in total. The number of carbonyl (C=O) groups is 2. The Bertz CT molecular complexity index is 1020. The number of nitrogens with zero attached hydrogens (tertiary/aromatic N) is 6. The lowest BCUT2D eigenvalue weighted by Crippen LogP contribution is -2.59. The van der Waals surface area contributed by atoms with Crippen LogP contribution in [-0.4, -0.2) is 75.3 Å². The van der Waals surface area contributed by atoms with Gasteiger partial charge in [0.2, 0.25) is 17.7 Å². The topological polar surface area (TPSA) is 83.6 Å². The first-order chi connectivity index (χ1) is 14.3. The van der Waals surface area contributed by atoms with E-state index >= 15 is 0 Å². The van der Waals surface area contributed by atoms with E-state index in [0.717, 1.165) is 17.7 Å². The van der Waals surface area contributed by atoms with Gasteiger partial charge in [-0.15, -0.1) is 5.10 Å². The molecule has 2 aromatic rings. The summed E-state index contributed by atoms with van der Waals surface area (Å²) in [5, 5.41) is 8.81. The van der Waals surface area contributed by atoms with Gasteiger partial charge in [-0.25, -0.2) is 9.37 Å². The number of hydrogen-bond donors (Lipinski definition) is 0. The van der Waals surface area contributed by atoms with Gasteiger partial charge in [-0.1, -0.05) is 18.9 Å². The smallest absolute Gasteiger partial charge is 0.445 e. The molecule has 3 amide bonds. The highest BCUT2D eigenvalue weighted by Gasteiger charge is 2.55. The van der Waals surface area contributed by atoms with Crippen molar-refractivity contribution in [1.82, 2.24) is 19.7 Å². The highest BCUT2D eigenvalue weighted by atomic mass is 16.5. The predicted molar refractivity (Wildman–Crippen MR) is 112 cm³/mol. The first-order valence-electron chi connectivity index (χ1n) is 10.2. The summed E-state index contributed by atoms with van der Waals surface area (Å²) in [5.41, 5.74) is 0.835. The number of rotatable bonds is 6. The molecule has 3 heterocycles. The maximum Gasteiger partial charge on any atom is 0.445 e. The van der Waals surface area contributed by atoms with Gasteiger partial charge in [0, 0.05) is 12.1 Å². The first-order valence-corrected chi connectivity index (χ1v) is 10.2. The summed E-state index contributed by atoms with van der Waals surface area (Å²) in [6.07, 6.45) is 0.893. The van der Waals surface area contributed by atoms with Gasteiger partial charge in [0.25, 0.3) is 5.95 Å². The summed E-state index contributed by atoms with van der Waals surface area (Å²) in [6.45, 7) is 7.45. The minimum atomic E-state index is -0.594. The fourth-order valence-electron chi connectivity index (χ4n) is 3.91. The first kappa shape index (κ1) is 20.1. The third kappa shape index (κ3) is 3.05. The molecule has 0 spiro atoms. The highest BCUT2D eigenvalue weighted by Crippen LogP contribution is 2.33. The minimum Gasteiger partial charge on any atom is -0.494 e. The van der Waals surface area contributed by atoms with Crippen molar-refractivity contribution in [2.24, 2.45) is 5.92 Å². The summed E-state index contributed by atoms with van der Waals surface area (Å²) in [7, 11) is 3.20. The number of benzene rings is 1. The van der Waals surface area contributed by atoms with Crippen molar-refractivity contribution in [1.29, 1.82) is 0 Å². The summed E-state index contributed by atoms with van der Waals surface area (Å²) in [6, 6.07) is 6.61. The zero-order valence-corrected chi connectivity index (χ0v) is 18.0. The van der Waals surface area contributed by atoms with Gasteiger partial charge in [-0.2, -0.15) is 9.47 Å². The Labute approximate surface area is 175 Å². The Kier molecular flexibility index (Phi) is 5.05. The van der Waals surface area contributed by atoms with Crippen molar-refractivity contribution in [2.75, 3.05) is 32.1 Å². The van der Waals surface area contributed by atoms with Gasteiger partial charge in [-0.05, 0) is 43.5 Å². The van der Waals surface area contributed by atoms with Crippen molar-refractivity contribution in [3.63, 3.8) is 0 Å². The predicted octanol–water partition coefficient (Wildman–Crippen LogP) is 2.06. The zero-order valence-electron chi connectivity index (χ0n) is 18.0. The van der Waals surface area contributed by atoms with Crippen LogP contribution in [0.5, 0.6) is 5.75 Å². The van der Waals surface area contributed by atoms with Crippen LogP contribution in [0.15, 0.2) is 24.3 Å². The molecule has 4 rings (SSSR count). The van der Waals surface area contributed by atoms with Crippen LogP contribution in [0.1, 0.15) is 27.2 Å². The standard InChI is InChI=1S/C21H27N6O3/c1-6-30-15-9-7-14(8-10-15)17-22-23-20-26(12-11-13(2)3)16-18(27(17)20)24(4)21(29)25(5)19(16)28/h7-10,13,16H,6,11-12H2,1-5H3/q+1. The van der Waals surface area contributed by atoms with E-state index in [1.165, 1.54) is 16.5 Å². The van der Waals surface area contributed by atoms with Crippen LogP contribution >= 0.6 is 0 Å². The maximum atomic E-state index is 13.1. The van der Waals surface area contributed by atoms with E-state index in [9.17, 15) is 9.59 Å². The highest BCUT2D eigenvalue weighted by molar-refractivity contribution is 6.18. The van der Waals surface area contributed by atoms with Crippen molar-refractivity contribution >= 4 is 23.7 Å². The number of imide groups is 1. The lowest BCUT2D eigenvalue weighted by Gasteiger charge is -2.27. The fraction of sp³-hybridized carbons (Fsp3) is 0.476. The average Bonchev–Trinajstić information content (AvgIpc) is 3.28. The molecule has 0 aliphatic carbocycles. The van der Waals surface area contributed by atoms with Crippen molar-refractivity contribution in [3.8, 4) is 17.1 Å². The third-order valence-corrected chi connectivity index (χ3v) is 5.54. The monoisotopic (exact) mass is 411 g/mol. The number of hydrogen-bond acceptors (Lipinski definition) is 6. The van der Waals surface area contributed by atoms with Crippen LogP contribution in [-0.2, 0) is 4.79 Å². The fourth-order valence-corrected chi connectivity index (χ4v) is 3.91. The number of anilines is 1. The van der Waals surface area contributed by atoms with Crippen LogP contribution in [0, 0.1) is 5.92 Å². The van der Waals surface area contributed by atoms with Gasteiger partial charge in [0.05, 0.1) is 20.7 Å². The van der Waals surface area contributed by atoms with Crippen LogP contribution < -0.4 is 9.64 Å². The second-order valence-corrected chi connectivity index (χ2v) is 7.99. The molecule has 0 radical (unpaired) electrons. The van der Waals surface area contributed by atoms with Gasteiger partial charge >= 0.3 is 11.9 Å². The van der Waals surface area contributed by atoms with Gasteiger partial charge in [0.1, 0.15) is 5.75 Å². The quantitative estimate of drug-likeness (QED) is 0.677. The van der Waals surface area contributed by atoms with E-state index in [1.807, 2.05) is 40.7 Å². The number of carbonyl (C=O) groups excluding carboxylic acids is 2. The number of aromatic nitrogens is 3. The number of ether oxygens (including phenoxy) is 1. The van der Waals surface area contributed by atoms with Gasteiger partial charge < -0.3 is 9.64 Å². The normalized spacial score (nSPS) is 18.4. The molecule has 158 valence electrons. The van der Waals surface area contributed by atoms with E-state index in [4.69, 9.17) is 4.74 Å². The summed E-state index contributed by atoms with van der Waals surface area (Å²) >= 11 is 0. The molecule has 9 nitrogen and oxygen atoms in total. The molecular weight excluding hydrogens is 384 g/mol. The molecular formula is C21H27N6O3+. The molecule has 1 atom stereocenters. The number of amides is 3. The third-order valence-electron chi connectivity index (χ3n) is 5.54. The van der Waals surface area contributed by atoms with Crippen molar-refractivity contribution in [2.45, 2.75) is 33.2 Å². The van der Waals surface area contributed by atoms with Crippen LogP contribution in [0.2, 0.25) is 0 Å². The van der Waals surface area contributed by atoms with E-state index in [-0.39, 0.29) is 11.9 Å². The van der Waals surface area contributed by atoms with Gasteiger partial charge in [0.15, 0.2) is 0 Å². The number of likely N-dealkylation sites (N-methyl/N-ethyl adjacent to an activating group) is 1. The average molecular weight is 411 g/mol. The second kappa shape index (κ2) is 7.55. The van der Waals surface area contributed by atoms with Crippen LogP contribution in [0.25, 0.3) is 11.4 Å². The largest absolute Gasteiger partial charge is 0.494 e. The lowest BCUT2D eigenvalue weighted by atomic mass is 10.1. The molecule has 30 heavy (non-hydrogen) atoms. The Morgan fingerprint density at radius 1 is 1.17 bits per heavy atom. The Morgan fingerprint density at radius 2 is 1.87 bits per heavy atom. The van der Waals surface area contributed by atoms with E-state index in [1.54, 1.807) is 7.05 Å². The SMILES string of the molecule is CCOc1ccc(-c2nnc3n2C2=[N+](C)C(=O)N(C)C(=O)C2N3CCC(C)C)cc1. The summed E-state index contributed by atoms with van der Waals surface area (Å²) in [4.78, 5) is 28.9. The van der Waals surface area contributed by atoms with E-state index in [0.29, 0.717) is 36.7 Å². The molecule has 1 unspecified atom stereocenters. The maximum absolute atomic E-state index is 13.1. The minimum absolute atomic E-state index is 0.250. The van der Waals surface area contributed by atoms with Crippen LogP contribution in [0.3, 0.4) is 0 Å². The summed E-state index contributed by atoms with van der Waals surface area (Å²) in [5.74, 6) is 2.75. The number of urea groups is 1. The molecule has 2 aliphatic heterocycles. The van der Waals surface area contributed by atoms with Crippen LogP contribution in [0.4, 0.5) is 10.7 Å². The van der Waals surface area contributed by atoms with Crippen molar-refractivity contribution < 1.29 is 18.9 Å². The van der Waals surface area contributed by atoms with Gasteiger partial charge in [-0.3, -0.25) is 4.79 Å². The van der Waals surface area contributed by atoms with Crippen molar-refractivity contribution in [3.05, 3.63) is 24.3 Å². The molecule has 9 heteroatoms. The van der Waals surface area contributed by atoms with E-state index in [2.05, 4.69) is 24.0 Å². The molecule has 0 bridgehead atoms. The lowest BCUT2D eigenvalue weighted by molar-refractivity contribution is -0.407. The molecule has 1 aromatic carbocycles. The second-order valence-electron chi connectivity index (χ2n) is 7.99. The Hall–Kier alpha value is -3.23. The molecule has 0 saturated heterocycles.